The number of ketones is 6. The monoisotopic (exact) mass is 1960 g/mol. The minimum atomic E-state index is -1.17. The van der Waals surface area contributed by atoms with Crippen LogP contribution < -0.4 is 21.3 Å². The quantitative estimate of drug-likeness (QED) is 0.0187. The van der Waals surface area contributed by atoms with Crippen LogP contribution in [0.15, 0.2) is 73.3 Å². The topological polar surface area (TPSA) is 460 Å². The molecule has 6 aliphatic heterocycles. The summed E-state index contributed by atoms with van der Waals surface area (Å²) in [6, 6.07) is 8.01. The van der Waals surface area contributed by atoms with Crippen molar-refractivity contribution in [3.8, 4) is 0 Å². The molecule has 6 N–H and O–H groups in total. The molecule has 772 valence electrons. The van der Waals surface area contributed by atoms with Crippen LogP contribution in [-0.4, -0.2) is 217 Å². The number of aliphatic hydroxyl groups is 2. The number of nitrogens with zero attached hydrogens (tertiary/aromatic N) is 8. The van der Waals surface area contributed by atoms with Gasteiger partial charge in [-0.25, -0.2) is 9.97 Å². The number of imide groups is 4. The minimum absolute atomic E-state index is 0.00508. The number of aliphatic hydroxyl groups excluding tert-OH is 2. The first-order valence-corrected chi connectivity index (χ1v) is 52.7. The van der Waals surface area contributed by atoms with Crippen molar-refractivity contribution in [2.45, 2.75) is 364 Å². The number of piperidine rings is 2. The highest BCUT2D eigenvalue weighted by molar-refractivity contribution is 6.24. The number of aromatic nitrogens is 4. The van der Waals surface area contributed by atoms with Gasteiger partial charge in [-0.2, -0.15) is 0 Å². The third-order valence-corrected chi connectivity index (χ3v) is 30.7. The first-order valence-electron chi connectivity index (χ1n) is 52.7. The molecule has 0 bridgehead atoms. The van der Waals surface area contributed by atoms with Crippen LogP contribution in [0.4, 0.5) is 0 Å². The number of benzene rings is 2. The van der Waals surface area contributed by atoms with Gasteiger partial charge in [-0.1, -0.05) is 172 Å². The van der Waals surface area contributed by atoms with Gasteiger partial charge >= 0.3 is 0 Å². The number of hydrogen-bond acceptors (Lipinski definition) is 24. The van der Waals surface area contributed by atoms with Crippen molar-refractivity contribution >= 4 is 106 Å². The van der Waals surface area contributed by atoms with Crippen LogP contribution in [0.25, 0.3) is 0 Å². The summed E-state index contributed by atoms with van der Waals surface area (Å²) in [5.74, 6) is -6.91. The largest absolute Gasteiger partial charge is 0.385 e. The van der Waals surface area contributed by atoms with E-state index in [1.807, 2.05) is 83.1 Å². The van der Waals surface area contributed by atoms with E-state index < -0.39 is 118 Å². The van der Waals surface area contributed by atoms with Crippen molar-refractivity contribution in [3.05, 3.63) is 118 Å². The Morgan fingerprint density at radius 3 is 1.04 bits per heavy atom. The number of aryl methyl sites for hydroxylation is 2. The van der Waals surface area contributed by atoms with Gasteiger partial charge in [-0.15, -0.1) is 0 Å². The highest BCUT2D eigenvalue weighted by Crippen LogP contribution is 2.48. The van der Waals surface area contributed by atoms with E-state index in [4.69, 9.17) is 0 Å². The second kappa shape index (κ2) is 50.5. The molecule has 4 unspecified atom stereocenters. The molecule has 16 rings (SSSR count). The molecule has 32 heteroatoms. The van der Waals surface area contributed by atoms with Gasteiger partial charge in [0.05, 0.1) is 58.1 Å². The molecule has 6 aliphatic carbocycles. The maximum Gasteiger partial charge on any atom is 0.262 e. The Bertz CT molecular complexity index is 4850. The number of likely N-dealkylation sites (tertiary alicyclic amines) is 2. The summed E-state index contributed by atoms with van der Waals surface area (Å²) in [6.45, 7) is 28.0. The fraction of sp³-hybridized carbons (Fsp3) is 0.655. The van der Waals surface area contributed by atoms with Crippen LogP contribution in [0.5, 0.6) is 0 Å². The number of fused-ring (bicyclic) bond motifs is 4. The summed E-state index contributed by atoms with van der Waals surface area (Å²) in [5.41, 5.74) is 1.75. The number of rotatable bonds is 34. The Morgan fingerprint density at radius 1 is 0.423 bits per heavy atom. The van der Waals surface area contributed by atoms with E-state index in [-0.39, 0.29) is 168 Å². The predicted octanol–water partition coefficient (Wildman–Crippen LogP) is 13.9. The molecular weight excluding hydrogens is 1810 g/mol. The Hall–Kier alpha value is -11.0. The average molecular weight is 1960 g/mol. The van der Waals surface area contributed by atoms with Crippen LogP contribution in [0.2, 0.25) is 0 Å². The SMILES string of the molecule is CC.CC.CCC[C@@H](CC(=O)[C@@H]1[C@H]2CCC[C@H]2CN1C(=O)[C@@H](NC(=O)[C@@H](CC(=O)c1cnc(C)cn1)C1CCCCC1)C(C)(C)C)C(O)C(=O)CC1CC1.CCC[C@@H](CC(=O)[C@@H]1[C@H]2CCC[C@H]2CN1C(=O)[C@@H](NC(=O)[C@@H](CC(=O)c1cnc(C)cn1)C1CCCCC1)C(C)(C)C)C(O)C(=O)CC1CC1.O=C1CCC(N2C(=O)c3ccccc3C2=O)C(=O)N1.O=C1CCC(N2C(=O)c3ccccc3C2=O)C(=O)N1. The molecule has 4 aromatic rings. The zero-order chi connectivity index (χ0) is 103. The lowest BCUT2D eigenvalue weighted by molar-refractivity contribution is -0.145. The molecule has 6 saturated carbocycles. The zero-order valence-corrected chi connectivity index (χ0v) is 85.8. The molecule has 2 aromatic heterocycles. The molecule has 4 saturated heterocycles. The van der Waals surface area contributed by atoms with Crippen molar-refractivity contribution in [1.82, 2.24) is 60.8 Å². The number of Topliss-reactive ketones (excluding diaryl/α,β-unsaturated/α-hetero) is 6. The molecule has 16 atom stereocenters. The molecule has 0 spiro atoms. The molecule has 142 heavy (non-hydrogen) atoms. The molecule has 10 fully saturated rings. The van der Waals surface area contributed by atoms with Gasteiger partial charge in [0.25, 0.3) is 23.6 Å². The van der Waals surface area contributed by atoms with E-state index in [9.17, 15) is 96.5 Å². The third kappa shape index (κ3) is 27.5. The zero-order valence-electron chi connectivity index (χ0n) is 85.8. The first-order chi connectivity index (χ1) is 67.7. The van der Waals surface area contributed by atoms with Gasteiger partial charge in [0.2, 0.25) is 47.3 Å². The molecule has 32 nitrogen and oxygen atoms in total. The Morgan fingerprint density at radius 2 is 0.754 bits per heavy atom. The molecule has 12 aliphatic rings. The molecule has 12 amide bonds. The number of hydrogen-bond donors (Lipinski definition) is 6. The summed E-state index contributed by atoms with van der Waals surface area (Å²) in [6.07, 6.45) is 27.0. The summed E-state index contributed by atoms with van der Waals surface area (Å²) in [5, 5.41) is 32.7. The summed E-state index contributed by atoms with van der Waals surface area (Å²) >= 11 is 0. The maximum atomic E-state index is 14.7. The molecule has 2 aromatic carbocycles. The third-order valence-electron chi connectivity index (χ3n) is 30.7. The Labute approximate surface area is 835 Å². The van der Waals surface area contributed by atoms with Crippen molar-refractivity contribution in [1.29, 1.82) is 0 Å². The number of nitrogens with one attached hydrogen (secondary N) is 4. The highest BCUT2D eigenvalue weighted by Gasteiger charge is 2.56. The van der Waals surface area contributed by atoms with E-state index in [0.29, 0.717) is 84.3 Å². The fourth-order valence-electron chi connectivity index (χ4n) is 22.8. The van der Waals surface area contributed by atoms with Gasteiger partial charge in [0.15, 0.2) is 34.7 Å². The smallest absolute Gasteiger partial charge is 0.262 e. The van der Waals surface area contributed by atoms with Gasteiger partial charge in [0, 0.05) is 88.7 Å². The maximum absolute atomic E-state index is 14.7. The normalized spacial score (nSPS) is 23.7. The Balaban J connectivity index is 0.000000194. The standard InChI is InChI=1S/2C40H60N4O6.2C13H10N2O4.2C2H6/c2*1-6-11-27(36(48)34(47)18-25-16-17-25)19-33(46)35-29-15-10-14-28(29)23-44(35)39(50)37(40(3,4)5)43-38(49)30(26-12-8-7-9-13-26)20-32(45)31-22-41-24(2)21-42-31;2*16-10-6-5-9(11(17)14-10)15-12(18)7-3-1-2-4-8(7)13(15)19;2*1-2/h2*21-22,25-30,35-37,48H,6-20,23H2,1-5H3,(H,43,49);2*1-4,9H,5-6H2,(H,14,16,17);2*1-2H3/t2*27-,28-,29-,30-,35-,36?,37+;;;;/m00..../s1. The van der Waals surface area contributed by atoms with Gasteiger partial charge in [-0.05, 0) is 211 Å². The summed E-state index contributed by atoms with van der Waals surface area (Å²) < 4.78 is 0. The summed E-state index contributed by atoms with van der Waals surface area (Å²) in [4.78, 5) is 256. The van der Waals surface area contributed by atoms with Gasteiger partial charge < -0.3 is 30.6 Å². The van der Waals surface area contributed by atoms with E-state index in [2.05, 4.69) is 41.2 Å². The average Bonchev–Trinajstić information content (AvgIpc) is 1.62. The van der Waals surface area contributed by atoms with E-state index in [0.717, 1.165) is 151 Å². The molecule has 0 radical (unpaired) electrons. The molecular formula is C110H152N12O20. The van der Waals surface area contributed by atoms with E-state index in [1.54, 1.807) is 84.6 Å². The van der Waals surface area contributed by atoms with E-state index >= 15 is 0 Å². The fourth-order valence-corrected chi connectivity index (χ4v) is 22.8. The second-order valence-electron chi connectivity index (χ2n) is 43.1. The second-order valence-corrected chi connectivity index (χ2v) is 43.1. The van der Waals surface area contributed by atoms with Gasteiger partial charge in [0.1, 0.15) is 47.8 Å². The van der Waals surface area contributed by atoms with Gasteiger partial charge in [-0.3, -0.25) is 117 Å². The van der Waals surface area contributed by atoms with Crippen molar-refractivity contribution in [3.63, 3.8) is 0 Å². The lowest BCUT2D eigenvalue weighted by Gasteiger charge is -2.38. The van der Waals surface area contributed by atoms with Crippen LogP contribution >= 0.6 is 0 Å². The predicted molar refractivity (Wildman–Crippen MR) is 529 cm³/mol. The lowest BCUT2D eigenvalue weighted by Crippen LogP contribution is -2.58. The lowest BCUT2D eigenvalue weighted by atomic mass is 9.76. The van der Waals surface area contributed by atoms with Crippen LogP contribution in [-0.2, 0) is 57.5 Å². The van der Waals surface area contributed by atoms with Crippen molar-refractivity contribution in [2.24, 2.45) is 81.8 Å². The van der Waals surface area contributed by atoms with Crippen LogP contribution in [0, 0.1) is 95.7 Å². The first kappa shape index (κ1) is 111. The van der Waals surface area contributed by atoms with E-state index in [1.165, 1.54) is 12.4 Å². The number of amides is 12. The summed E-state index contributed by atoms with van der Waals surface area (Å²) in [7, 11) is 0. The van der Waals surface area contributed by atoms with Crippen LogP contribution in [0.3, 0.4) is 0 Å². The Kier molecular flexibility index (Phi) is 39.6. The van der Waals surface area contributed by atoms with Crippen molar-refractivity contribution in [2.75, 3.05) is 13.1 Å². The van der Waals surface area contributed by atoms with Crippen LogP contribution in [0.1, 0.15) is 375 Å². The van der Waals surface area contributed by atoms with Crippen molar-refractivity contribution < 1.29 is 96.5 Å². The highest BCUT2D eigenvalue weighted by atomic mass is 16.3. The number of carbonyl (C=O) groups is 18. The minimum Gasteiger partial charge on any atom is -0.385 e. The molecule has 8 heterocycles. The number of carbonyl (C=O) groups excluding carboxylic acids is 18.